The Bertz CT molecular complexity index is 541. The van der Waals surface area contributed by atoms with Gasteiger partial charge in [-0.25, -0.2) is 8.42 Å². The van der Waals surface area contributed by atoms with Crippen molar-refractivity contribution in [2.75, 3.05) is 32.3 Å². The largest absolute Gasteiger partial charge is 0.493 e. The van der Waals surface area contributed by atoms with Crippen molar-refractivity contribution in [3.05, 3.63) is 23.8 Å². The maximum absolute atomic E-state index is 11.1. The summed E-state index contributed by atoms with van der Waals surface area (Å²) in [6.45, 7) is 6.16. The second-order valence-corrected chi connectivity index (χ2v) is 7.75. The molecule has 0 atom stereocenters. The second-order valence-electron chi connectivity index (χ2n) is 5.49. The zero-order chi connectivity index (χ0) is 15.9. The molecule has 0 bridgehead atoms. The Morgan fingerprint density at radius 2 is 1.95 bits per heavy atom. The summed E-state index contributed by atoms with van der Waals surface area (Å²) < 4.78 is 32.9. The molecule has 0 aromatic heterocycles. The number of benzene rings is 1. The van der Waals surface area contributed by atoms with E-state index in [1.807, 2.05) is 18.2 Å². The maximum atomic E-state index is 11.1. The molecule has 0 unspecified atom stereocenters. The molecule has 0 aliphatic rings. The molecule has 6 heteroatoms. The fourth-order valence-corrected chi connectivity index (χ4v) is 2.14. The molecule has 0 aliphatic heterocycles. The van der Waals surface area contributed by atoms with E-state index in [0.717, 1.165) is 18.7 Å². The Morgan fingerprint density at radius 1 is 1.24 bits per heavy atom. The highest BCUT2D eigenvalue weighted by atomic mass is 32.2. The van der Waals surface area contributed by atoms with Gasteiger partial charge in [-0.15, -0.1) is 0 Å². The lowest BCUT2D eigenvalue weighted by atomic mass is 10.2. The Kier molecular flexibility index (Phi) is 6.98. The van der Waals surface area contributed by atoms with Gasteiger partial charge in [0.1, 0.15) is 6.61 Å². The summed E-state index contributed by atoms with van der Waals surface area (Å²) in [6.07, 6.45) is 1.19. The van der Waals surface area contributed by atoms with Crippen LogP contribution in [0.25, 0.3) is 0 Å². The molecule has 0 saturated carbocycles. The Morgan fingerprint density at radius 3 is 2.52 bits per heavy atom. The van der Waals surface area contributed by atoms with E-state index in [-0.39, 0.29) is 12.4 Å². The monoisotopic (exact) mass is 315 g/mol. The van der Waals surface area contributed by atoms with Crippen LogP contribution in [-0.4, -0.2) is 40.7 Å². The number of sulfone groups is 1. The SMILES string of the molecule is COc1cc(CNCC(C)C)ccc1OCCS(C)(=O)=O. The number of nitrogens with one attached hydrogen (secondary N) is 1. The first-order valence-corrected chi connectivity index (χ1v) is 9.06. The Labute approximate surface area is 127 Å². The van der Waals surface area contributed by atoms with Crippen LogP contribution in [0.4, 0.5) is 0 Å². The molecule has 0 spiro atoms. The van der Waals surface area contributed by atoms with Crippen molar-refractivity contribution in [2.24, 2.45) is 5.92 Å². The van der Waals surface area contributed by atoms with Crippen molar-refractivity contribution >= 4 is 9.84 Å². The van der Waals surface area contributed by atoms with Gasteiger partial charge in [0, 0.05) is 12.8 Å². The molecule has 0 saturated heterocycles. The second kappa shape index (κ2) is 8.24. The van der Waals surface area contributed by atoms with E-state index in [0.29, 0.717) is 17.4 Å². The molecule has 0 heterocycles. The summed E-state index contributed by atoms with van der Waals surface area (Å²) in [5, 5.41) is 3.36. The highest BCUT2D eigenvalue weighted by molar-refractivity contribution is 7.90. The van der Waals surface area contributed by atoms with E-state index >= 15 is 0 Å². The molecule has 1 aromatic rings. The lowest BCUT2D eigenvalue weighted by molar-refractivity contribution is 0.311. The number of hydrogen-bond acceptors (Lipinski definition) is 5. The van der Waals surface area contributed by atoms with Crippen LogP contribution in [0.5, 0.6) is 11.5 Å². The fraction of sp³-hybridized carbons (Fsp3) is 0.600. The van der Waals surface area contributed by atoms with E-state index in [2.05, 4.69) is 19.2 Å². The summed E-state index contributed by atoms with van der Waals surface area (Å²) in [7, 11) is -1.44. The van der Waals surface area contributed by atoms with E-state index in [1.54, 1.807) is 7.11 Å². The molecule has 120 valence electrons. The van der Waals surface area contributed by atoms with Gasteiger partial charge in [0.2, 0.25) is 0 Å². The highest BCUT2D eigenvalue weighted by Gasteiger charge is 2.08. The van der Waals surface area contributed by atoms with Crippen molar-refractivity contribution in [1.82, 2.24) is 5.32 Å². The molecule has 1 aromatic carbocycles. The van der Waals surface area contributed by atoms with Gasteiger partial charge < -0.3 is 14.8 Å². The van der Waals surface area contributed by atoms with Gasteiger partial charge in [-0.1, -0.05) is 19.9 Å². The van der Waals surface area contributed by atoms with Crippen LogP contribution in [0.2, 0.25) is 0 Å². The van der Waals surface area contributed by atoms with Gasteiger partial charge in [0.15, 0.2) is 21.3 Å². The van der Waals surface area contributed by atoms with Gasteiger partial charge in [0.05, 0.1) is 12.9 Å². The first kappa shape index (κ1) is 17.8. The van der Waals surface area contributed by atoms with Gasteiger partial charge in [-0.2, -0.15) is 0 Å². The zero-order valence-electron chi connectivity index (χ0n) is 13.2. The van der Waals surface area contributed by atoms with Gasteiger partial charge in [-0.3, -0.25) is 0 Å². The number of hydrogen-bond donors (Lipinski definition) is 1. The number of rotatable bonds is 9. The minimum absolute atomic E-state index is 0.00610. The van der Waals surface area contributed by atoms with Gasteiger partial charge >= 0.3 is 0 Å². The summed E-state index contributed by atoms with van der Waals surface area (Å²) in [5.41, 5.74) is 1.10. The van der Waals surface area contributed by atoms with E-state index in [4.69, 9.17) is 9.47 Å². The lowest BCUT2D eigenvalue weighted by Crippen LogP contribution is -2.19. The number of methoxy groups -OCH3 is 1. The Hall–Kier alpha value is -1.27. The predicted octanol–water partition coefficient (Wildman–Crippen LogP) is 1.86. The van der Waals surface area contributed by atoms with Gasteiger partial charge in [-0.05, 0) is 30.2 Å². The molecule has 1 N–H and O–H groups in total. The average Bonchev–Trinajstić information content (AvgIpc) is 2.38. The molecule has 0 amide bonds. The third-order valence-corrected chi connectivity index (χ3v) is 3.73. The molecular weight excluding hydrogens is 290 g/mol. The zero-order valence-corrected chi connectivity index (χ0v) is 14.0. The predicted molar refractivity (Wildman–Crippen MR) is 84.7 cm³/mol. The minimum Gasteiger partial charge on any atom is -0.493 e. The normalized spacial score (nSPS) is 11.7. The summed E-state index contributed by atoms with van der Waals surface area (Å²) in [6, 6.07) is 5.67. The highest BCUT2D eigenvalue weighted by Crippen LogP contribution is 2.28. The van der Waals surface area contributed by atoms with Crippen LogP contribution in [0.3, 0.4) is 0 Å². The molecular formula is C15H25NO4S. The maximum Gasteiger partial charge on any atom is 0.161 e. The van der Waals surface area contributed by atoms with Crippen LogP contribution in [0.15, 0.2) is 18.2 Å². The molecule has 1 rings (SSSR count). The molecule has 0 radical (unpaired) electrons. The summed E-state index contributed by atoms with van der Waals surface area (Å²) >= 11 is 0. The van der Waals surface area contributed by atoms with E-state index in [1.165, 1.54) is 6.26 Å². The standard InChI is InChI=1S/C15H25NO4S/c1-12(2)10-16-11-13-5-6-14(15(9-13)19-3)20-7-8-21(4,17)18/h5-6,9,12,16H,7-8,10-11H2,1-4H3. The van der Waals surface area contributed by atoms with Crippen LogP contribution >= 0.6 is 0 Å². The molecule has 0 aliphatic carbocycles. The van der Waals surface area contributed by atoms with Crippen LogP contribution in [0, 0.1) is 5.92 Å². The van der Waals surface area contributed by atoms with Gasteiger partial charge in [0.25, 0.3) is 0 Å². The molecule has 21 heavy (non-hydrogen) atoms. The van der Waals surface area contributed by atoms with Crippen molar-refractivity contribution in [3.63, 3.8) is 0 Å². The Balaban J connectivity index is 2.61. The van der Waals surface area contributed by atoms with Crippen LogP contribution in [-0.2, 0) is 16.4 Å². The van der Waals surface area contributed by atoms with Crippen molar-refractivity contribution < 1.29 is 17.9 Å². The topological polar surface area (TPSA) is 64.6 Å². The fourth-order valence-electron chi connectivity index (χ4n) is 1.75. The average molecular weight is 315 g/mol. The third-order valence-electron chi connectivity index (χ3n) is 2.82. The first-order chi connectivity index (χ1) is 9.81. The lowest BCUT2D eigenvalue weighted by Gasteiger charge is -2.13. The summed E-state index contributed by atoms with van der Waals surface area (Å²) in [5.74, 6) is 1.78. The van der Waals surface area contributed by atoms with Crippen molar-refractivity contribution in [3.8, 4) is 11.5 Å². The minimum atomic E-state index is -3.02. The first-order valence-electron chi connectivity index (χ1n) is 7.00. The van der Waals surface area contributed by atoms with Crippen LogP contribution < -0.4 is 14.8 Å². The van der Waals surface area contributed by atoms with E-state index in [9.17, 15) is 8.42 Å². The van der Waals surface area contributed by atoms with E-state index < -0.39 is 9.84 Å². The number of ether oxygens (including phenoxy) is 2. The van der Waals surface area contributed by atoms with Crippen molar-refractivity contribution in [1.29, 1.82) is 0 Å². The molecule has 5 nitrogen and oxygen atoms in total. The smallest absolute Gasteiger partial charge is 0.161 e. The van der Waals surface area contributed by atoms with Crippen molar-refractivity contribution in [2.45, 2.75) is 20.4 Å². The summed E-state index contributed by atoms with van der Waals surface area (Å²) in [4.78, 5) is 0. The van der Waals surface area contributed by atoms with Crippen LogP contribution in [0.1, 0.15) is 19.4 Å². The third kappa shape index (κ3) is 7.34. The quantitative estimate of drug-likeness (QED) is 0.753. The molecule has 0 fully saturated rings.